The van der Waals surface area contributed by atoms with Gasteiger partial charge in [-0.05, 0) is 24.7 Å². The van der Waals surface area contributed by atoms with Crippen LogP contribution in [-0.2, 0) is 14.3 Å². The Hall–Kier alpha value is -0.650. The van der Waals surface area contributed by atoms with Crippen molar-refractivity contribution in [2.45, 2.75) is 40.5 Å². The van der Waals surface area contributed by atoms with E-state index in [1.54, 1.807) is 0 Å². The van der Waals surface area contributed by atoms with Crippen molar-refractivity contribution in [3.8, 4) is 0 Å². The molecule has 0 aromatic carbocycles. The summed E-state index contributed by atoms with van der Waals surface area (Å²) in [6.07, 6.45) is 2.11. The minimum atomic E-state index is 0.0488. The highest BCUT2D eigenvalue weighted by Crippen LogP contribution is 1.98. The molecule has 0 aliphatic rings. The maximum atomic E-state index is 11.5. The third kappa shape index (κ3) is 17.3. The van der Waals surface area contributed by atoms with Crippen LogP contribution in [0.25, 0.3) is 0 Å². The van der Waals surface area contributed by atoms with Crippen LogP contribution < -0.4 is 10.6 Å². The van der Waals surface area contributed by atoms with Crippen molar-refractivity contribution >= 4 is 5.91 Å². The van der Waals surface area contributed by atoms with Crippen LogP contribution in [0.3, 0.4) is 0 Å². The Balaban J connectivity index is 3.16. The van der Waals surface area contributed by atoms with Gasteiger partial charge in [0.05, 0.1) is 26.4 Å². The molecule has 0 rings (SSSR count). The molecule has 0 atom stereocenters. The number of hydrogen-bond donors (Lipinski definition) is 2. The van der Waals surface area contributed by atoms with Crippen LogP contribution in [0.4, 0.5) is 0 Å². The molecule has 5 nitrogen and oxygen atoms in total. The van der Waals surface area contributed by atoms with Crippen LogP contribution in [-0.4, -0.2) is 52.0 Å². The van der Waals surface area contributed by atoms with Crippen molar-refractivity contribution in [2.75, 3.05) is 46.1 Å². The first-order valence-corrected chi connectivity index (χ1v) is 8.15. The quantitative estimate of drug-likeness (QED) is 0.481. The molecule has 1 amide bonds. The standard InChI is InChI=1S/C16H34N2O3/c1-14(2)5-7-18-16(19)13-17-8-10-21-12-11-20-9-6-15(3)4/h14-15,17H,5-13H2,1-4H3,(H,18,19). The fourth-order valence-corrected chi connectivity index (χ4v) is 1.55. The van der Waals surface area contributed by atoms with E-state index >= 15 is 0 Å². The van der Waals surface area contributed by atoms with Gasteiger partial charge in [-0.15, -0.1) is 0 Å². The average Bonchev–Trinajstić information content (AvgIpc) is 2.40. The Morgan fingerprint density at radius 2 is 1.48 bits per heavy atom. The lowest BCUT2D eigenvalue weighted by atomic mass is 10.1. The van der Waals surface area contributed by atoms with Gasteiger partial charge in [-0.2, -0.15) is 0 Å². The molecule has 0 aliphatic carbocycles. The van der Waals surface area contributed by atoms with Crippen LogP contribution in [0.1, 0.15) is 40.5 Å². The zero-order valence-corrected chi connectivity index (χ0v) is 14.2. The fourth-order valence-electron chi connectivity index (χ4n) is 1.55. The van der Waals surface area contributed by atoms with Crippen molar-refractivity contribution in [1.29, 1.82) is 0 Å². The molecule has 5 heteroatoms. The smallest absolute Gasteiger partial charge is 0.233 e. The van der Waals surface area contributed by atoms with E-state index in [0.29, 0.717) is 44.7 Å². The predicted octanol–water partition coefficient (Wildman–Crippen LogP) is 1.82. The highest BCUT2D eigenvalue weighted by Gasteiger charge is 2.00. The Morgan fingerprint density at radius 3 is 2.10 bits per heavy atom. The van der Waals surface area contributed by atoms with Gasteiger partial charge in [0.2, 0.25) is 5.91 Å². The molecule has 21 heavy (non-hydrogen) atoms. The number of carbonyl (C=O) groups is 1. The first-order valence-electron chi connectivity index (χ1n) is 8.15. The zero-order valence-electron chi connectivity index (χ0n) is 14.2. The van der Waals surface area contributed by atoms with Gasteiger partial charge in [0, 0.05) is 19.7 Å². The third-order valence-electron chi connectivity index (χ3n) is 2.96. The number of ether oxygens (including phenoxy) is 2. The average molecular weight is 302 g/mol. The largest absolute Gasteiger partial charge is 0.379 e. The summed E-state index contributed by atoms with van der Waals surface area (Å²) in [6.45, 7) is 13.1. The van der Waals surface area contributed by atoms with Crippen LogP contribution in [0.5, 0.6) is 0 Å². The first-order chi connectivity index (χ1) is 10.0. The fraction of sp³-hybridized carbons (Fsp3) is 0.938. The summed E-state index contributed by atoms with van der Waals surface area (Å²) >= 11 is 0. The molecule has 0 bridgehead atoms. The van der Waals surface area contributed by atoms with Crippen molar-refractivity contribution in [2.24, 2.45) is 11.8 Å². The van der Waals surface area contributed by atoms with Crippen molar-refractivity contribution < 1.29 is 14.3 Å². The summed E-state index contributed by atoms with van der Waals surface area (Å²) in [6, 6.07) is 0. The number of carbonyl (C=O) groups excluding carboxylic acids is 1. The number of amides is 1. The number of nitrogens with one attached hydrogen (secondary N) is 2. The molecular weight excluding hydrogens is 268 g/mol. The lowest BCUT2D eigenvalue weighted by molar-refractivity contribution is -0.120. The molecule has 126 valence electrons. The molecule has 0 saturated heterocycles. The van der Waals surface area contributed by atoms with E-state index in [9.17, 15) is 4.79 Å². The number of rotatable bonds is 14. The molecule has 0 aromatic heterocycles. The Kier molecular flexibility index (Phi) is 13.9. The topological polar surface area (TPSA) is 59.6 Å². The van der Waals surface area contributed by atoms with Crippen molar-refractivity contribution in [3.63, 3.8) is 0 Å². The predicted molar refractivity (Wildman–Crippen MR) is 86.4 cm³/mol. The second-order valence-electron chi connectivity index (χ2n) is 6.12. The van der Waals surface area contributed by atoms with E-state index in [4.69, 9.17) is 9.47 Å². The summed E-state index contributed by atoms with van der Waals surface area (Å²) in [5.74, 6) is 1.35. The van der Waals surface area contributed by atoms with Gasteiger partial charge in [-0.3, -0.25) is 4.79 Å². The van der Waals surface area contributed by atoms with Gasteiger partial charge in [-0.25, -0.2) is 0 Å². The Labute approximate surface area is 130 Å². The lowest BCUT2D eigenvalue weighted by Gasteiger charge is -2.09. The van der Waals surface area contributed by atoms with Crippen LogP contribution in [0.2, 0.25) is 0 Å². The van der Waals surface area contributed by atoms with Gasteiger partial charge >= 0.3 is 0 Å². The van der Waals surface area contributed by atoms with Gasteiger partial charge in [0.1, 0.15) is 0 Å². The summed E-state index contributed by atoms with van der Waals surface area (Å²) < 4.78 is 10.9. The van der Waals surface area contributed by atoms with Gasteiger partial charge in [-0.1, -0.05) is 27.7 Å². The van der Waals surface area contributed by atoms with E-state index in [2.05, 4.69) is 38.3 Å². The molecule has 0 heterocycles. The lowest BCUT2D eigenvalue weighted by Crippen LogP contribution is -2.36. The SMILES string of the molecule is CC(C)CCNC(=O)CNCCOCCOCCC(C)C. The maximum absolute atomic E-state index is 11.5. The summed E-state index contributed by atoms with van der Waals surface area (Å²) in [4.78, 5) is 11.5. The van der Waals surface area contributed by atoms with E-state index in [-0.39, 0.29) is 5.91 Å². The second kappa shape index (κ2) is 14.3. The normalized spacial score (nSPS) is 11.3. The van der Waals surface area contributed by atoms with Crippen LogP contribution in [0.15, 0.2) is 0 Å². The molecule has 0 aliphatic heterocycles. The number of hydrogen-bond acceptors (Lipinski definition) is 4. The van der Waals surface area contributed by atoms with Gasteiger partial charge < -0.3 is 20.1 Å². The van der Waals surface area contributed by atoms with E-state index in [1.165, 1.54) is 0 Å². The van der Waals surface area contributed by atoms with E-state index in [1.807, 2.05) is 0 Å². The first kappa shape index (κ1) is 20.3. The minimum Gasteiger partial charge on any atom is -0.379 e. The van der Waals surface area contributed by atoms with Gasteiger partial charge in [0.15, 0.2) is 0 Å². The Bertz CT molecular complexity index is 246. The molecule has 0 spiro atoms. The summed E-state index contributed by atoms with van der Waals surface area (Å²) in [5, 5.41) is 5.95. The van der Waals surface area contributed by atoms with Gasteiger partial charge in [0.25, 0.3) is 0 Å². The highest BCUT2D eigenvalue weighted by atomic mass is 16.5. The third-order valence-corrected chi connectivity index (χ3v) is 2.96. The molecule has 0 fully saturated rings. The van der Waals surface area contributed by atoms with Crippen LogP contribution >= 0.6 is 0 Å². The summed E-state index contributed by atoms with van der Waals surface area (Å²) in [7, 11) is 0. The molecule has 0 unspecified atom stereocenters. The molecular formula is C16H34N2O3. The van der Waals surface area contributed by atoms with E-state index in [0.717, 1.165) is 26.0 Å². The van der Waals surface area contributed by atoms with Crippen molar-refractivity contribution in [3.05, 3.63) is 0 Å². The highest BCUT2D eigenvalue weighted by molar-refractivity contribution is 5.77. The summed E-state index contributed by atoms with van der Waals surface area (Å²) in [5.41, 5.74) is 0. The monoisotopic (exact) mass is 302 g/mol. The van der Waals surface area contributed by atoms with Crippen LogP contribution in [0, 0.1) is 11.8 Å². The molecule has 0 saturated carbocycles. The van der Waals surface area contributed by atoms with Crippen molar-refractivity contribution in [1.82, 2.24) is 10.6 Å². The Morgan fingerprint density at radius 1 is 0.857 bits per heavy atom. The molecule has 0 aromatic rings. The molecule has 2 N–H and O–H groups in total. The maximum Gasteiger partial charge on any atom is 0.233 e. The second-order valence-corrected chi connectivity index (χ2v) is 6.12. The minimum absolute atomic E-state index is 0.0488. The zero-order chi connectivity index (χ0) is 15.9. The van der Waals surface area contributed by atoms with E-state index < -0.39 is 0 Å². The molecule has 0 radical (unpaired) electrons.